The molecule has 13 heavy (non-hydrogen) atoms. The molecule has 5 heteroatoms. The summed E-state index contributed by atoms with van der Waals surface area (Å²) in [5.41, 5.74) is 0.690. The van der Waals surface area contributed by atoms with E-state index in [0.29, 0.717) is 5.56 Å². The lowest BCUT2D eigenvalue weighted by atomic mass is 10.3. The monoisotopic (exact) mass is 198 g/mol. The maximum atomic E-state index is 10.7. The summed E-state index contributed by atoms with van der Waals surface area (Å²) in [6.07, 6.45) is 5.85. The summed E-state index contributed by atoms with van der Waals surface area (Å²) in [7, 11) is 1.31. The maximum absolute atomic E-state index is 10.7. The number of hydrogen-bond acceptors (Lipinski definition) is 4. The van der Waals surface area contributed by atoms with Crippen molar-refractivity contribution < 1.29 is 9.53 Å². The summed E-state index contributed by atoms with van der Waals surface area (Å²) in [5.74, 6) is -0.421. The molecule has 0 spiro atoms. The normalized spacial score (nSPS) is 10.3. The van der Waals surface area contributed by atoms with Crippen LogP contribution in [0.25, 0.3) is 6.08 Å². The van der Waals surface area contributed by atoms with E-state index >= 15 is 0 Å². The van der Waals surface area contributed by atoms with E-state index in [4.69, 9.17) is 11.6 Å². The SMILES string of the molecule is COC(=O)C=Cc1cnc(Cl)nc1. The summed E-state index contributed by atoms with van der Waals surface area (Å²) in [6.45, 7) is 0. The molecule has 68 valence electrons. The van der Waals surface area contributed by atoms with Crippen LogP contribution in [0.5, 0.6) is 0 Å². The smallest absolute Gasteiger partial charge is 0.330 e. The third-order valence-electron chi connectivity index (χ3n) is 1.25. The van der Waals surface area contributed by atoms with Crippen LogP contribution in [0, 0.1) is 0 Å². The molecule has 0 saturated carbocycles. The van der Waals surface area contributed by atoms with Gasteiger partial charge >= 0.3 is 5.97 Å². The average Bonchev–Trinajstić information content (AvgIpc) is 2.16. The Bertz CT molecular complexity index is 321. The van der Waals surface area contributed by atoms with E-state index in [1.54, 1.807) is 6.08 Å². The molecule has 1 heterocycles. The van der Waals surface area contributed by atoms with Gasteiger partial charge in [-0.2, -0.15) is 0 Å². The van der Waals surface area contributed by atoms with Gasteiger partial charge in [0.25, 0.3) is 0 Å². The van der Waals surface area contributed by atoms with Crippen molar-refractivity contribution >= 4 is 23.6 Å². The Hall–Kier alpha value is -1.42. The van der Waals surface area contributed by atoms with E-state index in [0.717, 1.165) is 0 Å². The molecule has 0 atom stereocenters. The van der Waals surface area contributed by atoms with Crippen LogP contribution in [0.4, 0.5) is 0 Å². The minimum absolute atomic E-state index is 0.176. The van der Waals surface area contributed by atoms with Gasteiger partial charge in [0.1, 0.15) is 0 Å². The van der Waals surface area contributed by atoms with Crippen LogP contribution in [0.2, 0.25) is 5.28 Å². The summed E-state index contributed by atoms with van der Waals surface area (Å²) in [5, 5.41) is 0.176. The number of aromatic nitrogens is 2. The number of methoxy groups -OCH3 is 1. The molecule has 1 aromatic rings. The van der Waals surface area contributed by atoms with Gasteiger partial charge in [-0.05, 0) is 17.7 Å². The molecular formula is C8H7ClN2O2. The van der Waals surface area contributed by atoms with Crippen LogP contribution in [-0.2, 0) is 9.53 Å². The third kappa shape index (κ3) is 3.21. The van der Waals surface area contributed by atoms with Crippen molar-refractivity contribution in [3.8, 4) is 0 Å². The lowest BCUT2D eigenvalue weighted by Crippen LogP contribution is -1.93. The molecule has 0 unspecified atom stereocenters. The van der Waals surface area contributed by atoms with Gasteiger partial charge in [-0.1, -0.05) is 0 Å². The highest BCUT2D eigenvalue weighted by Gasteiger charge is 1.93. The third-order valence-corrected chi connectivity index (χ3v) is 1.45. The van der Waals surface area contributed by atoms with Crippen molar-refractivity contribution in [3.63, 3.8) is 0 Å². The first-order valence-electron chi connectivity index (χ1n) is 3.46. The summed E-state index contributed by atoms with van der Waals surface area (Å²) >= 11 is 5.46. The number of esters is 1. The standard InChI is InChI=1S/C8H7ClN2O2/c1-13-7(12)3-2-6-4-10-8(9)11-5-6/h2-5H,1H3. The molecular weight excluding hydrogens is 192 g/mol. The van der Waals surface area contributed by atoms with E-state index in [1.807, 2.05) is 0 Å². The van der Waals surface area contributed by atoms with Gasteiger partial charge in [0.2, 0.25) is 5.28 Å². The second-order valence-corrected chi connectivity index (χ2v) is 2.48. The van der Waals surface area contributed by atoms with Gasteiger partial charge < -0.3 is 4.74 Å². The first-order chi connectivity index (χ1) is 6.22. The van der Waals surface area contributed by atoms with Crippen molar-refractivity contribution in [1.29, 1.82) is 0 Å². The van der Waals surface area contributed by atoms with Crippen LogP contribution >= 0.6 is 11.6 Å². The molecule has 1 aromatic heterocycles. The highest BCUT2D eigenvalue weighted by atomic mass is 35.5. The number of rotatable bonds is 2. The molecule has 0 bridgehead atoms. The quantitative estimate of drug-likeness (QED) is 0.409. The Morgan fingerprint density at radius 2 is 2.15 bits per heavy atom. The lowest BCUT2D eigenvalue weighted by Gasteiger charge is -1.91. The van der Waals surface area contributed by atoms with E-state index in [9.17, 15) is 4.79 Å². The molecule has 0 amide bonds. The molecule has 0 saturated heterocycles. The summed E-state index contributed by atoms with van der Waals surface area (Å²) in [6, 6.07) is 0. The van der Waals surface area contributed by atoms with Crippen LogP contribution in [0.15, 0.2) is 18.5 Å². The largest absolute Gasteiger partial charge is 0.466 e. The van der Waals surface area contributed by atoms with Crippen LogP contribution in [0.3, 0.4) is 0 Å². The minimum atomic E-state index is -0.421. The lowest BCUT2D eigenvalue weighted by molar-refractivity contribution is -0.134. The fourth-order valence-electron chi connectivity index (χ4n) is 0.641. The number of carbonyl (C=O) groups is 1. The number of hydrogen-bond donors (Lipinski definition) is 0. The van der Waals surface area contributed by atoms with Crippen LogP contribution in [0.1, 0.15) is 5.56 Å². The zero-order chi connectivity index (χ0) is 9.68. The molecule has 4 nitrogen and oxygen atoms in total. The second-order valence-electron chi connectivity index (χ2n) is 2.14. The highest BCUT2D eigenvalue weighted by molar-refractivity contribution is 6.28. The van der Waals surface area contributed by atoms with Gasteiger partial charge in [-0.15, -0.1) is 0 Å². The topological polar surface area (TPSA) is 52.1 Å². The van der Waals surface area contributed by atoms with Gasteiger partial charge in [-0.3, -0.25) is 0 Å². The number of carbonyl (C=O) groups excluding carboxylic acids is 1. The highest BCUT2D eigenvalue weighted by Crippen LogP contribution is 2.02. The molecule has 0 aliphatic carbocycles. The Balaban J connectivity index is 2.69. The molecule has 0 aromatic carbocycles. The zero-order valence-corrected chi connectivity index (χ0v) is 7.65. The predicted octanol–water partition coefficient (Wildman–Crippen LogP) is 1.32. The van der Waals surface area contributed by atoms with Crippen molar-refractivity contribution in [2.24, 2.45) is 0 Å². The average molecular weight is 199 g/mol. The molecule has 0 fully saturated rings. The zero-order valence-electron chi connectivity index (χ0n) is 6.90. The first kappa shape index (κ1) is 9.67. The molecule has 0 N–H and O–H groups in total. The van der Waals surface area contributed by atoms with Crippen molar-refractivity contribution in [1.82, 2.24) is 9.97 Å². The summed E-state index contributed by atoms with van der Waals surface area (Å²) in [4.78, 5) is 18.1. The number of halogens is 1. The van der Waals surface area contributed by atoms with Gasteiger partial charge in [-0.25, -0.2) is 14.8 Å². The van der Waals surface area contributed by atoms with E-state index in [-0.39, 0.29) is 5.28 Å². The van der Waals surface area contributed by atoms with E-state index in [1.165, 1.54) is 25.6 Å². The Morgan fingerprint density at radius 3 is 2.69 bits per heavy atom. The molecule has 1 rings (SSSR count). The number of nitrogens with zero attached hydrogens (tertiary/aromatic N) is 2. The van der Waals surface area contributed by atoms with Gasteiger partial charge in [0.15, 0.2) is 0 Å². The fourth-order valence-corrected chi connectivity index (χ4v) is 0.738. The van der Waals surface area contributed by atoms with Crippen molar-refractivity contribution in [2.75, 3.05) is 7.11 Å². The fraction of sp³-hybridized carbons (Fsp3) is 0.125. The Morgan fingerprint density at radius 1 is 1.54 bits per heavy atom. The van der Waals surface area contributed by atoms with Crippen molar-refractivity contribution in [3.05, 3.63) is 29.3 Å². The Labute approximate surface area is 80.2 Å². The van der Waals surface area contributed by atoms with Crippen molar-refractivity contribution in [2.45, 2.75) is 0 Å². The maximum Gasteiger partial charge on any atom is 0.330 e. The molecule has 0 aliphatic rings. The first-order valence-corrected chi connectivity index (χ1v) is 3.84. The predicted molar refractivity (Wildman–Crippen MR) is 48.1 cm³/mol. The van der Waals surface area contributed by atoms with E-state index in [2.05, 4.69) is 14.7 Å². The van der Waals surface area contributed by atoms with Crippen LogP contribution in [-0.4, -0.2) is 23.0 Å². The number of ether oxygens (including phenoxy) is 1. The van der Waals surface area contributed by atoms with E-state index < -0.39 is 5.97 Å². The van der Waals surface area contributed by atoms with Gasteiger partial charge in [0.05, 0.1) is 7.11 Å². The second kappa shape index (κ2) is 4.57. The molecule has 0 aliphatic heterocycles. The van der Waals surface area contributed by atoms with Gasteiger partial charge in [0, 0.05) is 24.0 Å². The molecule has 0 radical (unpaired) electrons. The minimum Gasteiger partial charge on any atom is -0.466 e. The Kier molecular flexibility index (Phi) is 3.40. The van der Waals surface area contributed by atoms with Crippen LogP contribution < -0.4 is 0 Å². The summed E-state index contributed by atoms with van der Waals surface area (Å²) < 4.78 is 4.40.